The molecule has 2 bridgehead atoms. The molecule has 1 spiro atoms. The number of fused-ring (bicyclic) bond motifs is 4. The molecule has 1 saturated carbocycles. The first-order valence-corrected chi connectivity index (χ1v) is 12.4. The van der Waals surface area contributed by atoms with Crippen molar-refractivity contribution in [3.8, 4) is 11.5 Å². The number of aromatic nitrogens is 2. The van der Waals surface area contributed by atoms with Gasteiger partial charge in [0.1, 0.15) is 5.65 Å². The summed E-state index contributed by atoms with van der Waals surface area (Å²) in [7, 11) is 0. The molecule has 8 rings (SSSR count). The number of phenolic OH excluding ortho intramolecular Hbond substituents is 1. The van der Waals surface area contributed by atoms with Crippen LogP contribution in [0.2, 0.25) is 0 Å². The van der Waals surface area contributed by atoms with Crippen molar-refractivity contribution >= 4 is 5.65 Å². The molecule has 2 N–H and O–H groups in total. The van der Waals surface area contributed by atoms with Crippen LogP contribution in [0, 0.1) is 12.8 Å². The summed E-state index contributed by atoms with van der Waals surface area (Å²) in [5, 5.41) is 23.6. The summed E-state index contributed by atoms with van der Waals surface area (Å²) in [6, 6.07) is 9.39. The average Bonchev–Trinajstić information content (AvgIpc) is 3.54. The van der Waals surface area contributed by atoms with E-state index in [0.717, 1.165) is 42.0 Å². The van der Waals surface area contributed by atoms with Crippen molar-refractivity contribution in [2.45, 2.75) is 62.2 Å². The van der Waals surface area contributed by atoms with E-state index in [1.807, 2.05) is 35.6 Å². The maximum Gasteiger partial charge on any atom is 0.276 e. The topological polar surface area (TPSA) is 87.3 Å². The normalized spacial score (nSPS) is 32.9. The van der Waals surface area contributed by atoms with Crippen LogP contribution < -0.4 is 10.3 Å². The second-order valence-corrected chi connectivity index (χ2v) is 11.1. The molecule has 174 valence electrons. The van der Waals surface area contributed by atoms with Crippen molar-refractivity contribution in [3.63, 3.8) is 0 Å². The third kappa shape index (κ3) is 2.08. The number of pyridine rings is 1. The number of aromatic hydroxyl groups is 1. The van der Waals surface area contributed by atoms with Gasteiger partial charge in [0, 0.05) is 35.8 Å². The molecule has 2 aliphatic heterocycles. The van der Waals surface area contributed by atoms with Crippen molar-refractivity contribution in [2.24, 2.45) is 5.92 Å². The Morgan fingerprint density at radius 2 is 2.09 bits per heavy atom. The van der Waals surface area contributed by atoms with Crippen LogP contribution in [0.4, 0.5) is 0 Å². The van der Waals surface area contributed by atoms with Gasteiger partial charge in [-0.15, -0.1) is 0 Å². The lowest BCUT2D eigenvalue weighted by Gasteiger charge is -2.63. The molecule has 3 aromatic rings. The quantitative estimate of drug-likeness (QED) is 0.615. The molecule has 0 unspecified atom stereocenters. The smallest absolute Gasteiger partial charge is 0.276 e. The van der Waals surface area contributed by atoms with E-state index in [4.69, 9.17) is 4.74 Å². The maximum absolute atomic E-state index is 13.4. The van der Waals surface area contributed by atoms with Crippen LogP contribution in [0.5, 0.6) is 11.5 Å². The summed E-state index contributed by atoms with van der Waals surface area (Å²) in [5.74, 6) is 1.29. The van der Waals surface area contributed by atoms with E-state index in [9.17, 15) is 15.0 Å². The molecule has 0 amide bonds. The van der Waals surface area contributed by atoms with Crippen LogP contribution in [0.25, 0.3) is 5.65 Å². The Balaban J connectivity index is 1.47. The van der Waals surface area contributed by atoms with Gasteiger partial charge in [-0.25, -0.2) is 0 Å². The molecule has 1 saturated heterocycles. The van der Waals surface area contributed by atoms with E-state index in [-0.39, 0.29) is 23.8 Å². The molecule has 5 aliphatic rings. The van der Waals surface area contributed by atoms with E-state index in [2.05, 4.69) is 9.88 Å². The molecule has 7 heteroatoms. The lowest BCUT2D eigenvalue weighted by atomic mass is 9.49. The highest BCUT2D eigenvalue weighted by atomic mass is 16.5. The number of hydrogen-bond donors (Lipinski definition) is 2. The van der Waals surface area contributed by atoms with Crippen LogP contribution in [0.1, 0.15) is 53.4 Å². The second kappa shape index (κ2) is 6.01. The number of aliphatic hydroxyl groups is 1. The van der Waals surface area contributed by atoms with Gasteiger partial charge in [-0.3, -0.25) is 14.1 Å². The number of aryl methyl sites for hydroxylation is 1. The monoisotopic (exact) mass is 457 g/mol. The van der Waals surface area contributed by atoms with E-state index in [1.165, 1.54) is 12.8 Å². The standard InChI is InChI=1S/C27H27N3O4/c1-14-3-2-4-20-28-25(32)17-12-27(33)19-11-16-7-8-18(31)23-21(16)26(27,24(34-23)22(17)30(14)20)9-10-29(19)13-15-5-6-15/h2-4,7-8,15,19,24,31,33H,5-6,9-13H2,1H3/t19-,24+,26+,27-/m1/s1. The first-order chi connectivity index (χ1) is 16.4. The first-order valence-electron chi connectivity index (χ1n) is 12.4. The van der Waals surface area contributed by atoms with Gasteiger partial charge in [-0.1, -0.05) is 12.1 Å². The number of nitrogens with zero attached hydrogens (tertiary/aromatic N) is 3. The summed E-state index contributed by atoms with van der Waals surface area (Å²) < 4.78 is 8.66. The third-order valence-corrected chi connectivity index (χ3v) is 9.40. The molecule has 2 aromatic heterocycles. The van der Waals surface area contributed by atoms with E-state index >= 15 is 0 Å². The molecular weight excluding hydrogens is 430 g/mol. The van der Waals surface area contributed by atoms with E-state index in [1.54, 1.807) is 6.07 Å². The van der Waals surface area contributed by atoms with Gasteiger partial charge < -0.3 is 14.9 Å². The molecule has 4 heterocycles. The Kier molecular flexibility index (Phi) is 3.43. The van der Waals surface area contributed by atoms with Crippen LogP contribution in [0.15, 0.2) is 35.1 Å². The molecular formula is C27H27N3O4. The van der Waals surface area contributed by atoms with Crippen LogP contribution >= 0.6 is 0 Å². The Hall–Kier alpha value is -2.90. The van der Waals surface area contributed by atoms with Gasteiger partial charge in [-0.2, -0.15) is 4.98 Å². The van der Waals surface area contributed by atoms with Crippen molar-refractivity contribution < 1.29 is 14.9 Å². The summed E-state index contributed by atoms with van der Waals surface area (Å²) in [4.78, 5) is 20.2. The zero-order chi connectivity index (χ0) is 23.0. The minimum Gasteiger partial charge on any atom is -0.504 e. The highest BCUT2D eigenvalue weighted by Crippen LogP contribution is 2.68. The molecule has 0 radical (unpaired) electrons. The van der Waals surface area contributed by atoms with Crippen molar-refractivity contribution in [3.05, 3.63) is 68.8 Å². The van der Waals surface area contributed by atoms with Crippen molar-refractivity contribution in [2.75, 3.05) is 13.1 Å². The number of rotatable bonds is 2. The van der Waals surface area contributed by atoms with Gasteiger partial charge in [0.2, 0.25) is 0 Å². The second-order valence-electron chi connectivity index (χ2n) is 11.1. The maximum atomic E-state index is 13.4. The molecule has 7 nitrogen and oxygen atoms in total. The number of ether oxygens (including phenoxy) is 1. The zero-order valence-corrected chi connectivity index (χ0v) is 19.1. The van der Waals surface area contributed by atoms with Crippen LogP contribution in [-0.2, 0) is 18.3 Å². The zero-order valence-electron chi connectivity index (χ0n) is 19.1. The van der Waals surface area contributed by atoms with E-state index in [0.29, 0.717) is 29.3 Å². The fourth-order valence-corrected chi connectivity index (χ4v) is 7.78. The van der Waals surface area contributed by atoms with Crippen molar-refractivity contribution in [1.82, 2.24) is 14.3 Å². The first kappa shape index (κ1) is 19.4. The minimum atomic E-state index is -1.17. The number of piperidine rings is 1. The van der Waals surface area contributed by atoms with Gasteiger partial charge >= 0.3 is 0 Å². The summed E-state index contributed by atoms with van der Waals surface area (Å²) >= 11 is 0. The van der Waals surface area contributed by atoms with Crippen LogP contribution in [-0.4, -0.2) is 49.2 Å². The fourth-order valence-electron chi connectivity index (χ4n) is 7.78. The number of hydrogen-bond acceptors (Lipinski definition) is 6. The average molecular weight is 458 g/mol. The molecule has 1 aromatic carbocycles. The van der Waals surface area contributed by atoms with Gasteiger partial charge in [-0.05, 0) is 68.8 Å². The Bertz CT molecular complexity index is 1480. The summed E-state index contributed by atoms with van der Waals surface area (Å²) in [6.07, 6.45) is 3.63. The Morgan fingerprint density at radius 1 is 1.24 bits per heavy atom. The largest absolute Gasteiger partial charge is 0.504 e. The van der Waals surface area contributed by atoms with Crippen molar-refractivity contribution in [1.29, 1.82) is 0 Å². The summed E-state index contributed by atoms with van der Waals surface area (Å²) in [6.45, 7) is 3.88. The highest BCUT2D eigenvalue weighted by Gasteiger charge is 2.73. The van der Waals surface area contributed by atoms with E-state index < -0.39 is 17.1 Å². The van der Waals surface area contributed by atoms with Crippen LogP contribution in [0.3, 0.4) is 0 Å². The Morgan fingerprint density at radius 3 is 2.91 bits per heavy atom. The lowest BCUT2D eigenvalue weighted by Crippen LogP contribution is -2.75. The predicted octanol–water partition coefficient (Wildman–Crippen LogP) is 2.41. The predicted molar refractivity (Wildman–Crippen MR) is 124 cm³/mol. The third-order valence-electron chi connectivity index (χ3n) is 9.40. The molecule has 2 fully saturated rings. The number of phenols is 1. The van der Waals surface area contributed by atoms with Gasteiger partial charge in [0.05, 0.1) is 16.7 Å². The number of benzene rings is 1. The lowest BCUT2D eigenvalue weighted by molar-refractivity contribution is -0.174. The summed E-state index contributed by atoms with van der Waals surface area (Å²) in [5.41, 5.74) is 2.84. The van der Waals surface area contributed by atoms with Gasteiger partial charge in [0.15, 0.2) is 17.6 Å². The molecule has 4 atom stereocenters. The highest BCUT2D eigenvalue weighted by molar-refractivity contribution is 5.65. The number of likely N-dealkylation sites (tertiary alicyclic amines) is 1. The van der Waals surface area contributed by atoms with Gasteiger partial charge in [0.25, 0.3) is 5.56 Å². The SMILES string of the molecule is Cc1cccc2nc(=O)c3c(n12)[C@@H]1Oc2c(O)ccc4c2[C@@]12CCN(CC1CC1)[C@H](C4)[C@]2(O)C3. The minimum absolute atomic E-state index is 0.0962. The molecule has 34 heavy (non-hydrogen) atoms. The Labute approximate surface area is 196 Å². The molecule has 3 aliphatic carbocycles. The fraction of sp³-hybridized carbons (Fsp3) is 0.481.